The van der Waals surface area contributed by atoms with Crippen molar-refractivity contribution in [1.29, 1.82) is 0 Å². The summed E-state index contributed by atoms with van der Waals surface area (Å²) in [6, 6.07) is 16.2. The van der Waals surface area contributed by atoms with Crippen LogP contribution in [0.15, 0.2) is 60.8 Å². The summed E-state index contributed by atoms with van der Waals surface area (Å²) in [6.07, 6.45) is 2.25. The number of hydrogen-bond donors (Lipinski definition) is 2. The lowest BCUT2D eigenvalue weighted by Gasteiger charge is -2.09. The van der Waals surface area contributed by atoms with Crippen molar-refractivity contribution in [3.63, 3.8) is 0 Å². The van der Waals surface area contributed by atoms with E-state index in [2.05, 4.69) is 41.5 Å². The second-order valence-corrected chi connectivity index (χ2v) is 6.52. The number of nitrogens with two attached hydrogens (primary N) is 1. The minimum Gasteiger partial charge on any atom is -0.453 e. The summed E-state index contributed by atoms with van der Waals surface area (Å²) in [5.74, 6) is -0.668. The van der Waals surface area contributed by atoms with Gasteiger partial charge in [-0.1, -0.05) is 35.9 Å². The predicted molar refractivity (Wildman–Crippen MR) is 106 cm³/mol. The molecule has 1 heterocycles. The van der Waals surface area contributed by atoms with Gasteiger partial charge in [0.15, 0.2) is 11.6 Å². The van der Waals surface area contributed by atoms with E-state index in [0.29, 0.717) is 12.3 Å². The Morgan fingerprint density at radius 2 is 1.86 bits per heavy atom. The number of halogens is 1. The predicted octanol–water partition coefficient (Wildman–Crippen LogP) is 3.75. The maximum Gasteiger partial charge on any atom is 0.267 e. The molecule has 28 heavy (non-hydrogen) atoms. The number of pyridine rings is 1. The maximum absolute atomic E-state index is 14.3. The number of aromatic nitrogens is 1. The fourth-order valence-corrected chi connectivity index (χ4v) is 2.67. The number of nitrogens with zero attached hydrogens (tertiary/aromatic N) is 1. The van der Waals surface area contributed by atoms with Gasteiger partial charge in [0.05, 0.1) is 6.20 Å². The molecular weight excluding hydrogens is 357 g/mol. The van der Waals surface area contributed by atoms with Gasteiger partial charge in [0.2, 0.25) is 0 Å². The van der Waals surface area contributed by atoms with E-state index < -0.39 is 11.7 Å². The Hall–Kier alpha value is -3.25. The number of primary amides is 1. The number of nitrogens with one attached hydrogen (secondary N) is 1. The highest BCUT2D eigenvalue weighted by molar-refractivity contribution is 5.90. The van der Waals surface area contributed by atoms with E-state index in [1.807, 2.05) is 6.07 Å². The van der Waals surface area contributed by atoms with Crippen molar-refractivity contribution in [1.82, 2.24) is 10.3 Å². The van der Waals surface area contributed by atoms with Gasteiger partial charge in [0.25, 0.3) is 5.91 Å². The van der Waals surface area contributed by atoms with Crippen LogP contribution in [0.25, 0.3) is 0 Å². The van der Waals surface area contributed by atoms with Gasteiger partial charge in [-0.05, 0) is 55.3 Å². The van der Waals surface area contributed by atoms with Crippen LogP contribution in [0, 0.1) is 12.7 Å². The van der Waals surface area contributed by atoms with Crippen molar-refractivity contribution in [2.75, 3.05) is 6.54 Å². The monoisotopic (exact) mass is 379 g/mol. The Kier molecular flexibility index (Phi) is 6.34. The average molecular weight is 379 g/mol. The summed E-state index contributed by atoms with van der Waals surface area (Å²) in [7, 11) is 0. The molecule has 5 nitrogen and oxygen atoms in total. The molecule has 1 aromatic heterocycles. The minimum atomic E-state index is -0.628. The second-order valence-electron chi connectivity index (χ2n) is 6.52. The molecule has 3 N–H and O–H groups in total. The smallest absolute Gasteiger partial charge is 0.267 e. The van der Waals surface area contributed by atoms with E-state index in [4.69, 9.17) is 10.5 Å². The summed E-state index contributed by atoms with van der Waals surface area (Å²) in [5.41, 5.74) is 8.60. The lowest BCUT2D eigenvalue weighted by atomic mass is 10.1. The number of benzene rings is 2. The SMILES string of the molecule is Cc1ccc(CCNCc2ccc(Oc3ccc(C(N)=O)nc3)c(F)c2)cc1. The van der Waals surface area contributed by atoms with Crippen LogP contribution in [-0.4, -0.2) is 17.4 Å². The zero-order valence-corrected chi connectivity index (χ0v) is 15.6. The Morgan fingerprint density at radius 3 is 2.50 bits per heavy atom. The lowest BCUT2D eigenvalue weighted by molar-refractivity contribution is 0.0995. The van der Waals surface area contributed by atoms with Crippen molar-refractivity contribution in [3.8, 4) is 11.5 Å². The standard InChI is InChI=1S/C22H22FN3O2/c1-15-2-4-16(5-3-15)10-11-25-13-17-6-9-21(19(23)12-17)28-18-7-8-20(22(24)27)26-14-18/h2-9,12,14,25H,10-11,13H2,1H3,(H2,24,27). The largest absolute Gasteiger partial charge is 0.453 e. The van der Waals surface area contributed by atoms with Crippen LogP contribution in [0.2, 0.25) is 0 Å². The van der Waals surface area contributed by atoms with Gasteiger partial charge >= 0.3 is 0 Å². The number of ether oxygens (including phenoxy) is 1. The lowest BCUT2D eigenvalue weighted by Crippen LogP contribution is -2.16. The fourth-order valence-electron chi connectivity index (χ4n) is 2.67. The van der Waals surface area contributed by atoms with Gasteiger partial charge in [-0.2, -0.15) is 0 Å². The van der Waals surface area contributed by atoms with Gasteiger partial charge in [-0.3, -0.25) is 4.79 Å². The Morgan fingerprint density at radius 1 is 1.11 bits per heavy atom. The first kappa shape index (κ1) is 19.5. The molecular formula is C22H22FN3O2. The molecule has 2 aromatic carbocycles. The first-order valence-electron chi connectivity index (χ1n) is 8.99. The highest BCUT2D eigenvalue weighted by Crippen LogP contribution is 2.24. The Balaban J connectivity index is 1.51. The van der Waals surface area contributed by atoms with Crippen LogP contribution < -0.4 is 15.8 Å². The third-order valence-corrected chi connectivity index (χ3v) is 4.25. The number of rotatable bonds is 8. The molecule has 0 aliphatic carbocycles. The molecule has 0 saturated heterocycles. The molecule has 0 radical (unpaired) electrons. The van der Waals surface area contributed by atoms with Crippen LogP contribution in [0.5, 0.6) is 11.5 Å². The third-order valence-electron chi connectivity index (χ3n) is 4.25. The van der Waals surface area contributed by atoms with E-state index in [9.17, 15) is 9.18 Å². The molecule has 3 rings (SSSR count). The van der Waals surface area contributed by atoms with Gasteiger partial charge in [-0.25, -0.2) is 9.37 Å². The summed E-state index contributed by atoms with van der Waals surface area (Å²) < 4.78 is 19.8. The Labute approximate surface area is 163 Å². The molecule has 0 aliphatic rings. The van der Waals surface area contributed by atoms with Gasteiger partial charge in [0.1, 0.15) is 11.4 Å². The molecule has 0 unspecified atom stereocenters. The maximum atomic E-state index is 14.3. The zero-order valence-electron chi connectivity index (χ0n) is 15.6. The molecule has 0 saturated carbocycles. The minimum absolute atomic E-state index is 0.0945. The van der Waals surface area contributed by atoms with Crippen LogP contribution in [0.1, 0.15) is 27.2 Å². The number of aryl methyl sites for hydroxylation is 1. The van der Waals surface area contributed by atoms with Gasteiger partial charge in [0, 0.05) is 6.54 Å². The summed E-state index contributed by atoms with van der Waals surface area (Å²) in [4.78, 5) is 14.9. The van der Waals surface area contributed by atoms with Crippen molar-refractivity contribution in [2.45, 2.75) is 19.9 Å². The number of amides is 1. The fraction of sp³-hybridized carbons (Fsp3) is 0.182. The summed E-state index contributed by atoms with van der Waals surface area (Å²) in [6.45, 7) is 3.44. The molecule has 0 aliphatic heterocycles. The zero-order chi connectivity index (χ0) is 19.9. The third kappa shape index (κ3) is 5.37. The molecule has 0 atom stereocenters. The van der Waals surface area contributed by atoms with Crippen molar-refractivity contribution < 1.29 is 13.9 Å². The van der Waals surface area contributed by atoms with Crippen LogP contribution in [-0.2, 0) is 13.0 Å². The molecule has 0 spiro atoms. The Bertz CT molecular complexity index is 941. The summed E-state index contributed by atoms with van der Waals surface area (Å²) >= 11 is 0. The molecule has 1 amide bonds. The normalized spacial score (nSPS) is 10.6. The van der Waals surface area contributed by atoms with Crippen molar-refractivity contribution in [3.05, 3.63) is 89.0 Å². The second kappa shape index (κ2) is 9.10. The molecule has 6 heteroatoms. The van der Waals surface area contributed by atoms with E-state index in [1.165, 1.54) is 35.5 Å². The topological polar surface area (TPSA) is 77.2 Å². The van der Waals surface area contributed by atoms with Crippen LogP contribution in [0.3, 0.4) is 0 Å². The first-order valence-corrected chi connectivity index (χ1v) is 8.99. The van der Waals surface area contributed by atoms with Crippen molar-refractivity contribution in [2.24, 2.45) is 5.73 Å². The number of hydrogen-bond acceptors (Lipinski definition) is 4. The van der Waals surface area contributed by atoms with Gasteiger partial charge < -0.3 is 15.8 Å². The van der Waals surface area contributed by atoms with E-state index in [-0.39, 0.29) is 11.4 Å². The average Bonchev–Trinajstić information content (AvgIpc) is 2.69. The molecule has 3 aromatic rings. The quantitative estimate of drug-likeness (QED) is 0.585. The summed E-state index contributed by atoms with van der Waals surface area (Å²) in [5, 5.41) is 3.32. The number of carbonyl (C=O) groups is 1. The molecule has 0 fully saturated rings. The first-order chi connectivity index (χ1) is 13.5. The van der Waals surface area contributed by atoms with Crippen molar-refractivity contribution >= 4 is 5.91 Å². The highest BCUT2D eigenvalue weighted by Gasteiger charge is 2.08. The highest BCUT2D eigenvalue weighted by atomic mass is 19.1. The van der Waals surface area contributed by atoms with Crippen LogP contribution in [0.4, 0.5) is 4.39 Å². The molecule has 0 bridgehead atoms. The number of carbonyl (C=O) groups excluding carboxylic acids is 1. The van der Waals surface area contributed by atoms with Gasteiger partial charge in [-0.15, -0.1) is 0 Å². The van der Waals surface area contributed by atoms with E-state index in [0.717, 1.165) is 18.5 Å². The van der Waals surface area contributed by atoms with Crippen LogP contribution >= 0.6 is 0 Å². The van der Waals surface area contributed by atoms with E-state index >= 15 is 0 Å². The van der Waals surface area contributed by atoms with E-state index in [1.54, 1.807) is 6.07 Å². The molecule has 144 valence electrons.